The molecular weight excluding hydrogens is 216 g/mol. The molecule has 4 nitrogen and oxygen atoms in total. The molecule has 1 heterocycles. The number of aliphatic hydroxyl groups excluding tert-OH is 1. The Kier molecular flexibility index (Phi) is 5.15. The van der Waals surface area contributed by atoms with E-state index in [4.69, 9.17) is 4.74 Å². The number of nitrogens with zero attached hydrogens (tertiary/aromatic N) is 2. The Morgan fingerprint density at radius 3 is 2.53 bits per heavy atom. The summed E-state index contributed by atoms with van der Waals surface area (Å²) < 4.78 is 7.18. The first-order valence-electron chi connectivity index (χ1n) is 6.22. The first-order valence-corrected chi connectivity index (χ1v) is 6.22. The molecule has 1 rings (SSSR count). The molecule has 0 bridgehead atoms. The van der Waals surface area contributed by atoms with E-state index in [9.17, 15) is 5.11 Å². The highest BCUT2D eigenvalue weighted by atomic mass is 16.5. The highest BCUT2D eigenvalue weighted by molar-refractivity contribution is 5.11. The van der Waals surface area contributed by atoms with Gasteiger partial charge in [-0.2, -0.15) is 5.10 Å². The van der Waals surface area contributed by atoms with Gasteiger partial charge < -0.3 is 9.84 Å². The van der Waals surface area contributed by atoms with Crippen molar-refractivity contribution >= 4 is 0 Å². The highest BCUT2D eigenvalue weighted by Crippen LogP contribution is 2.15. The lowest BCUT2D eigenvalue weighted by atomic mass is 9.98. The second-order valence-corrected chi connectivity index (χ2v) is 4.82. The van der Waals surface area contributed by atoms with Gasteiger partial charge in [0.2, 0.25) is 0 Å². The quantitative estimate of drug-likeness (QED) is 0.821. The zero-order valence-corrected chi connectivity index (χ0v) is 11.5. The second kappa shape index (κ2) is 6.17. The molecule has 0 aliphatic heterocycles. The van der Waals surface area contributed by atoms with Crippen LogP contribution in [0.1, 0.15) is 32.2 Å². The van der Waals surface area contributed by atoms with E-state index in [-0.39, 0.29) is 6.10 Å². The third kappa shape index (κ3) is 3.54. The maximum absolute atomic E-state index is 10.2. The van der Waals surface area contributed by atoms with Crippen molar-refractivity contribution in [3.05, 3.63) is 17.5 Å². The molecule has 0 saturated carbocycles. The van der Waals surface area contributed by atoms with Crippen molar-refractivity contribution < 1.29 is 9.84 Å². The third-order valence-corrected chi connectivity index (χ3v) is 3.12. The Morgan fingerprint density at radius 1 is 1.47 bits per heavy atom. The minimum atomic E-state index is -0.486. The van der Waals surface area contributed by atoms with Crippen LogP contribution in [-0.2, 0) is 24.6 Å². The van der Waals surface area contributed by atoms with Gasteiger partial charge in [-0.15, -0.1) is 0 Å². The van der Waals surface area contributed by atoms with Gasteiger partial charge in [-0.3, -0.25) is 4.68 Å². The molecule has 17 heavy (non-hydrogen) atoms. The van der Waals surface area contributed by atoms with E-state index in [1.54, 1.807) is 7.11 Å². The molecule has 0 fully saturated rings. The molecule has 0 saturated heterocycles. The highest BCUT2D eigenvalue weighted by Gasteiger charge is 2.23. The molecule has 0 amide bonds. The maximum Gasteiger partial charge on any atom is 0.0859 e. The van der Waals surface area contributed by atoms with Crippen molar-refractivity contribution in [2.24, 2.45) is 13.0 Å². The summed E-state index contributed by atoms with van der Waals surface area (Å²) in [6.07, 6.45) is 0.886. The topological polar surface area (TPSA) is 47.3 Å². The van der Waals surface area contributed by atoms with E-state index in [0.717, 1.165) is 17.8 Å². The molecule has 1 N–H and O–H groups in total. The van der Waals surface area contributed by atoms with E-state index >= 15 is 0 Å². The average Bonchev–Trinajstić information content (AvgIpc) is 2.60. The van der Waals surface area contributed by atoms with E-state index in [0.29, 0.717) is 12.3 Å². The van der Waals surface area contributed by atoms with Crippen LogP contribution < -0.4 is 0 Å². The molecule has 0 spiro atoms. The number of aryl methyl sites for hydroxylation is 2. The first-order chi connectivity index (χ1) is 7.99. The number of methoxy groups -OCH3 is 1. The zero-order chi connectivity index (χ0) is 13.0. The van der Waals surface area contributed by atoms with Crippen molar-refractivity contribution in [1.29, 1.82) is 0 Å². The molecule has 0 aliphatic carbocycles. The van der Waals surface area contributed by atoms with Crippen LogP contribution in [0.4, 0.5) is 0 Å². The largest absolute Gasteiger partial charge is 0.390 e. The van der Waals surface area contributed by atoms with Crippen molar-refractivity contribution in [2.45, 2.75) is 45.8 Å². The van der Waals surface area contributed by atoms with Crippen molar-refractivity contribution in [3.8, 4) is 0 Å². The van der Waals surface area contributed by atoms with E-state index in [2.05, 4.69) is 31.9 Å². The van der Waals surface area contributed by atoms with Crippen LogP contribution in [0.2, 0.25) is 0 Å². The summed E-state index contributed by atoms with van der Waals surface area (Å²) in [4.78, 5) is 0. The summed E-state index contributed by atoms with van der Waals surface area (Å²) in [5.41, 5.74) is 2.12. The Hall–Kier alpha value is -0.870. The molecule has 1 aromatic rings. The molecule has 4 heteroatoms. The number of ether oxygens (including phenoxy) is 1. The lowest BCUT2D eigenvalue weighted by Gasteiger charge is -2.24. The van der Waals surface area contributed by atoms with Gasteiger partial charge in [0.05, 0.1) is 17.9 Å². The van der Waals surface area contributed by atoms with Crippen LogP contribution in [-0.4, -0.2) is 34.2 Å². The summed E-state index contributed by atoms with van der Waals surface area (Å²) in [6.45, 7) is 6.19. The molecular formula is C13H24N2O2. The Balaban J connectivity index is 2.72. The van der Waals surface area contributed by atoms with Gasteiger partial charge in [0.25, 0.3) is 0 Å². The SMILES string of the molecule is CCc1cc(CC(O)C(OC)C(C)C)n(C)n1. The number of rotatable bonds is 6. The van der Waals surface area contributed by atoms with Gasteiger partial charge in [0.15, 0.2) is 0 Å². The summed E-state index contributed by atoms with van der Waals surface area (Å²) in [5, 5.41) is 14.6. The van der Waals surface area contributed by atoms with Gasteiger partial charge in [-0.25, -0.2) is 0 Å². The van der Waals surface area contributed by atoms with Gasteiger partial charge in [-0.1, -0.05) is 20.8 Å². The van der Waals surface area contributed by atoms with Crippen LogP contribution in [0.25, 0.3) is 0 Å². The van der Waals surface area contributed by atoms with Crippen LogP contribution in [0.5, 0.6) is 0 Å². The van der Waals surface area contributed by atoms with Gasteiger partial charge in [-0.05, 0) is 18.4 Å². The minimum Gasteiger partial charge on any atom is -0.390 e. The second-order valence-electron chi connectivity index (χ2n) is 4.82. The van der Waals surface area contributed by atoms with Crippen molar-refractivity contribution in [1.82, 2.24) is 9.78 Å². The fourth-order valence-electron chi connectivity index (χ4n) is 2.14. The fraction of sp³-hybridized carbons (Fsp3) is 0.769. The monoisotopic (exact) mass is 240 g/mol. The van der Waals surface area contributed by atoms with Gasteiger partial charge in [0.1, 0.15) is 0 Å². The molecule has 0 aliphatic rings. The van der Waals surface area contributed by atoms with Crippen LogP contribution in [0, 0.1) is 5.92 Å². The Bertz CT molecular complexity index is 347. The molecule has 98 valence electrons. The number of aromatic nitrogens is 2. The normalized spacial score (nSPS) is 15.2. The number of aliphatic hydroxyl groups is 1. The lowest BCUT2D eigenvalue weighted by Crippen LogP contribution is -2.34. The first kappa shape index (κ1) is 14.2. The third-order valence-electron chi connectivity index (χ3n) is 3.12. The molecule has 1 aromatic heterocycles. The Morgan fingerprint density at radius 2 is 2.12 bits per heavy atom. The predicted octanol–water partition coefficient (Wildman–Crippen LogP) is 1.56. The van der Waals surface area contributed by atoms with Crippen molar-refractivity contribution in [3.63, 3.8) is 0 Å². The van der Waals surface area contributed by atoms with Crippen molar-refractivity contribution in [2.75, 3.05) is 7.11 Å². The maximum atomic E-state index is 10.2. The summed E-state index contributed by atoms with van der Waals surface area (Å²) in [7, 11) is 3.56. The van der Waals surface area contributed by atoms with E-state index in [1.165, 1.54) is 0 Å². The summed E-state index contributed by atoms with van der Waals surface area (Å²) >= 11 is 0. The van der Waals surface area contributed by atoms with Crippen LogP contribution >= 0.6 is 0 Å². The fourth-order valence-corrected chi connectivity index (χ4v) is 2.14. The van der Waals surface area contributed by atoms with Crippen LogP contribution in [0.3, 0.4) is 0 Å². The predicted molar refractivity (Wildman–Crippen MR) is 67.9 cm³/mol. The minimum absolute atomic E-state index is 0.130. The average molecular weight is 240 g/mol. The summed E-state index contributed by atoms with van der Waals surface area (Å²) in [6, 6.07) is 2.05. The zero-order valence-electron chi connectivity index (χ0n) is 11.5. The molecule has 0 aromatic carbocycles. The molecule has 2 unspecified atom stereocenters. The van der Waals surface area contributed by atoms with Crippen LogP contribution in [0.15, 0.2) is 6.07 Å². The smallest absolute Gasteiger partial charge is 0.0859 e. The van der Waals surface area contributed by atoms with E-state index < -0.39 is 6.10 Å². The number of hydrogen-bond donors (Lipinski definition) is 1. The molecule has 2 atom stereocenters. The lowest BCUT2D eigenvalue weighted by molar-refractivity contribution is -0.0374. The van der Waals surface area contributed by atoms with Gasteiger partial charge in [0, 0.05) is 26.3 Å². The Labute approximate surface area is 104 Å². The van der Waals surface area contributed by atoms with E-state index in [1.807, 2.05) is 11.7 Å². The van der Waals surface area contributed by atoms with Gasteiger partial charge >= 0.3 is 0 Å². The number of hydrogen-bond acceptors (Lipinski definition) is 3. The standard InChI is InChI=1S/C13H24N2O2/c1-6-10-7-11(15(4)14-10)8-12(16)13(17-5)9(2)3/h7,9,12-13,16H,6,8H2,1-5H3. The summed E-state index contributed by atoms with van der Waals surface area (Å²) in [5.74, 6) is 0.300. The molecule has 0 radical (unpaired) electrons.